The van der Waals surface area contributed by atoms with Gasteiger partial charge in [-0.25, -0.2) is 0 Å². The molecule has 2 nitrogen and oxygen atoms in total. The summed E-state index contributed by atoms with van der Waals surface area (Å²) in [5, 5.41) is 14.8. The third kappa shape index (κ3) is 3.19. The van der Waals surface area contributed by atoms with Crippen molar-refractivity contribution in [1.29, 1.82) is 0 Å². The number of aliphatic hydroxyl groups is 1. The maximum atomic E-state index is 10.2. The fourth-order valence-corrected chi connectivity index (χ4v) is 3.12. The average molecular weight is 295 g/mol. The molecular formula is C12H14Cl3NO. The van der Waals surface area contributed by atoms with E-state index in [1.807, 2.05) is 0 Å². The fraction of sp³-hybridized carbons (Fsp3) is 0.500. The molecule has 1 fully saturated rings. The number of hydrogen-bond donors (Lipinski definition) is 2. The van der Waals surface area contributed by atoms with Crippen molar-refractivity contribution in [1.82, 2.24) is 0 Å². The summed E-state index contributed by atoms with van der Waals surface area (Å²) < 4.78 is 0. The summed E-state index contributed by atoms with van der Waals surface area (Å²) in [5.74, 6) is 0. The second-order valence-electron chi connectivity index (χ2n) is 4.53. The Morgan fingerprint density at radius 2 is 1.65 bits per heavy atom. The molecule has 17 heavy (non-hydrogen) atoms. The number of benzene rings is 1. The Morgan fingerprint density at radius 1 is 1.12 bits per heavy atom. The first-order valence-corrected chi connectivity index (χ1v) is 6.74. The van der Waals surface area contributed by atoms with E-state index in [2.05, 4.69) is 5.32 Å². The molecule has 2 N–H and O–H groups in total. The van der Waals surface area contributed by atoms with Gasteiger partial charge in [-0.3, -0.25) is 0 Å². The molecule has 94 valence electrons. The van der Waals surface area contributed by atoms with Crippen molar-refractivity contribution in [2.75, 3.05) is 11.9 Å². The van der Waals surface area contributed by atoms with Gasteiger partial charge in [-0.1, -0.05) is 47.6 Å². The summed E-state index contributed by atoms with van der Waals surface area (Å²) >= 11 is 17.9. The van der Waals surface area contributed by atoms with E-state index in [-0.39, 0.29) is 0 Å². The van der Waals surface area contributed by atoms with Crippen LogP contribution in [0.2, 0.25) is 15.1 Å². The first kappa shape index (κ1) is 13.3. The Bertz CT molecular complexity index is 393. The lowest BCUT2D eigenvalue weighted by molar-refractivity contribution is 0.0615. The van der Waals surface area contributed by atoms with Gasteiger partial charge in [0.15, 0.2) is 0 Å². The minimum Gasteiger partial charge on any atom is -0.388 e. The third-order valence-electron chi connectivity index (χ3n) is 3.14. The summed E-state index contributed by atoms with van der Waals surface area (Å²) in [5.41, 5.74) is 0.00445. The summed E-state index contributed by atoms with van der Waals surface area (Å²) in [6.45, 7) is 0.466. The number of anilines is 1. The van der Waals surface area contributed by atoms with Crippen LogP contribution in [0.5, 0.6) is 0 Å². The Kier molecular flexibility index (Phi) is 4.09. The molecule has 0 spiro atoms. The SMILES string of the molecule is OC1(CNc2c(Cl)cc(Cl)cc2Cl)CCCC1. The molecule has 0 radical (unpaired) electrons. The van der Waals surface area contributed by atoms with Gasteiger partial charge in [0.25, 0.3) is 0 Å². The van der Waals surface area contributed by atoms with Crippen LogP contribution in [0, 0.1) is 0 Å². The van der Waals surface area contributed by atoms with Gasteiger partial charge in [-0.2, -0.15) is 0 Å². The normalized spacial score (nSPS) is 18.4. The highest BCUT2D eigenvalue weighted by Crippen LogP contribution is 2.35. The van der Waals surface area contributed by atoms with Crippen molar-refractivity contribution in [2.24, 2.45) is 0 Å². The van der Waals surface area contributed by atoms with E-state index in [1.165, 1.54) is 0 Å². The molecule has 1 aliphatic rings. The molecule has 1 aromatic rings. The van der Waals surface area contributed by atoms with Crippen LogP contribution in [0.15, 0.2) is 12.1 Å². The van der Waals surface area contributed by atoms with E-state index in [4.69, 9.17) is 34.8 Å². The van der Waals surface area contributed by atoms with E-state index in [9.17, 15) is 5.11 Å². The predicted octanol–water partition coefficient (Wildman–Crippen LogP) is 4.36. The van der Waals surface area contributed by atoms with E-state index in [1.54, 1.807) is 12.1 Å². The lowest BCUT2D eigenvalue weighted by Gasteiger charge is -2.23. The van der Waals surface area contributed by atoms with Gasteiger partial charge < -0.3 is 10.4 Å². The third-order valence-corrected chi connectivity index (χ3v) is 3.95. The van der Waals surface area contributed by atoms with E-state index in [0.717, 1.165) is 25.7 Å². The topological polar surface area (TPSA) is 32.3 Å². The molecule has 0 aromatic heterocycles. The minimum absolute atomic E-state index is 0.466. The van der Waals surface area contributed by atoms with Gasteiger partial charge in [-0.15, -0.1) is 0 Å². The van der Waals surface area contributed by atoms with Gasteiger partial charge in [-0.05, 0) is 25.0 Å². The standard InChI is InChI=1S/C12H14Cl3NO/c13-8-5-9(14)11(10(15)6-8)16-7-12(17)3-1-2-4-12/h5-6,16-17H,1-4,7H2. The van der Waals surface area contributed by atoms with E-state index >= 15 is 0 Å². The van der Waals surface area contributed by atoms with Crippen molar-refractivity contribution in [3.05, 3.63) is 27.2 Å². The van der Waals surface area contributed by atoms with Crippen molar-refractivity contribution >= 4 is 40.5 Å². The van der Waals surface area contributed by atoms with Crippen LogP contribution in [-0.4, -0.2) is 17.3 Å². The van der Waals surface area contributed by atoms with Crippen molar-refractivity contribution in [2.45, 2.75) is 31.3 Å². The van der Waals surface area contributed by atoms with E-state index < -0.39 is 5.60 Å². The number of hydrogen-bond acceptors (Lipinski definition) is 2. The fourth-order valence-electron chi connectivity index (χ4n) is 2.17. The lowest BCUT2D eigenvalue weighted by atomic mass is 10.0. The Hall–Kier alpha value is -0.150. The van der Waals surface area contributed by atoms with Crippen LogP contribution in [0.1, 0.15) is 25.7 Å². The van der Waals surface area contributed by atoms with Crippen molar-refractivity contribution in [3.8, 4) is 0 Å². The van der Waals surface area contributed by atoms with Crippen molar-refractivity contribution in [3.63, 3.8) is 0 Å². The number of nitrogens with one attached hydrogen (secondary N) is 1. The first-order chi connectivity index (χ1) is 8.00. The van der Waals surface area contributed by atoms with Crippen LogP contribution in [0.3, 0.4) is 0 Å². The molecule has 5 heteroatoms. The van der Waals surface area contributed by atoms with Gasteiger partial charge in [0.05, 0.1) is 21.3 Å². The monoisotopic (exact) mass is 293 g/mol. The first-order valence-electron chi connectivity index (χ1n) is 5.61. The summed E-state index contributed by atoms with van der Waals surface area (Å²) in [4.78, 5) is 0. The van der Waals surface area contributed by atoms with Gasteiger partial charge in [0, 0.05) is 11.6 Å². The summed E-state index contributed by atoms with van der Waals surface area (Å²) in [6, 6.07) is 3.27. The van der Waals surface area contributed by atoms with Gasteiger partial charge in [0.2, 0.25) is 0 Å². The number of rotatable bonds is 3. The molecule has 1 aromatic carbocycles. The van der Waals surface area contributed by atoms with Crippen LogP contribution in [0.25, 0.3) is 0 Å². The molecule has 0 aliphatic heterocycles. The highest BCUT2D eigenvalue weighted by molar-refractivity contribution is 6.41. The molecule has 1 saturated carbocycles. The summed E-state index contributed by atoms with van der Waals surface area (Å²) in [6.07, 6.45) is 3.78. The van der Waals surface area contributed by atoms with Gasteiger partial charge >= 0.3 is 0 Å². The quantitative estimate of drug-likeness (QED) is 0.868. The average Bonchev–Trinajstić information content (AvgIpc) is 2.64. The smallest absolute Gasteiger partial charge is 0.0819 e. The molecular weight excluding hydrogens is 280 g/mol. The minimum atomic E-state index is -0.633. The maximum absolute atomic E-state index is 10.2. The second-order valence-corrected chi connectivity index (χ2v) is 5.78. The Labute approximate surface area is 116 Å². The predicted molar refractivity (Wildman–Crippen MR) is 73.4 cm³/mol. The summed E-state index contributed by atoms with van der Waals surface area (Å²) in [7, 11) is 0. The largest absolute Gasteiger partial charge is 0.388 e. The zero-order chi connectivity index (χ0) is 12.5. The number of halogens is 3. The van der Waals surface area contributed by atoms with Crippen molar-refractivity contribution < 1.29 is 5.11 Å². The molecule has 0 bridgehead atoms. The second kappa shape index (κ2) is 5.23. The van der Waals surface area contributed by atoms with Crippen LogP contribution in [0.4, 0.5) is 5.69 Å². The molecule has 0 amide bonds. The molecule has 2 rings (SSSR count). The van der Waals surface area contributed by atoms with Gasteiger partial charge in [0.1, 0.15) is 0 Å². The maximum Gasteiger partial charge on any atom is 0.0819 e. The highest BCUT2D eigenvalue weighted by Gasteiger charge is 2.31. The molecule has 0 heterocycles. The molecule has 0 unspecified atom stereocenters. The Morgan fingerprint density at radius 3 is 2.18 bits per heavy atom. The molecule has 0 atom stereocenters. The molecule has 0 saturated heterocycles. The van der Waals surface area contributed by atoms with E-state index in [0.29, 0.717) is 27.3 Å². The zero-order valence-corrected chi connectivity index (χ0v) is 11.5. The van der Waals surface area contributed by atoms with Crippen LogP contribution in [-0.2, 0) is 0 Å². The van der Waals surface area contributed by atoms with Crippen LogP contribution < -0.4 is 5.32 Å². The lowest BCUT2D eigenvalue weighted by Crippen LogP contribution is -2.33. The van der Waals surface area contributed by atoms with Crippen LogP contribution >= 0.6 is 34.8 Å². The zero-order valence-electron chi connectivity index (χ0n) is 9.27. The molecule has 1 aliphatic carbocycles. The highest BCUT2D eigenvalue weighted by atomic mass is 35.5. The Balaban J connectivity index is 2.08.